The third-order valence-corrected chi connectivity index (χ3v) is 6.00. The summed E-state index contributed by atoms with van der Waals surface area (Å²) in [6, 6.07) is 5.34. The van der Waals surface area contributed by atoms with Gasteiger partial charge in [-0.1, -0.05) is 6.07 Å². The highest BCUT2D eigenvalue weighted by Gasteiger charge is 2.55. The quantitative estimate of drug-likeness (QED) is 0.805. The number of rotatable bonds is 4. The van der Waals surface area contributed by atoms with Crippen LogP contribution in [0.4, 0.5) is 4.79 Å². The van der Waals surface area contributed by atoms with Gasteiger partial charge in [-0.3, -0.25) is 14.5 Å². The monoisotopic (exact) mass is 371 g/mol. The predicted octanol–water partition coefficient (Wildman–Crippen LogP) is 1.24. The van der Waals surface area contributed by atoms with Crippen molar-refractivity contribution in [1.82, 2.24) is 15.1 Å². The van der Waals surface area contributed by atoms with E-state index in [-0.39, 0.29) is 30.6 Å². The van der Waals surface area contributed by atoms with E-state index in [4.69, 9.17) is 9.47 Å². The number of benzene rings is 1. The van der Waals surface area contributed by atoms with Crippen LogP contribution >= 0.6 is 0 Å². The van der Waals surface area contributed by atoms with Crippen LogP contribution in [0.5, 0.6) is 11.5 Å². The first-order chi connectivity index (χ1) is 13.0. The molecule has 8 nitrogen and oxygen atoms in total. The van der Waals surface area contributed by atoms with Gasteiger partial charge in [-0.05, 0) is 37.0 Å². The highest BCUT2D eigenvalue weighted by molar-refractivity contribution is 6.07. The van der Waals surface area contributed by atoms with Crippen LogP contribution in [0.3, 0.4) is 0 Å². The largest absolute Gasteiger partial charge is 0.454 e. The van der Waals surface area contributed by atoms with Crippen molar-refractivity contribution in [2.45, 2.75) is 37.8 Å². The molecule has 1 unspecified atom stereocenters. The first-order valence-electron chi connectivity index (χ1n) is 9.34. The molecule has 1 aromatic rings. The molecule has 0 aromatic heterocycles. The van der Waals surface area contributed by atoms with Crippen molar-refractivity contribution in [3.8, 4) is 11.5 Å². The molecule has 0 radical (unpaired) electrons. The molecule has 4 amide bonds. The van der Waals surface area contributed by atoms with E-state index < -0.39 is 5.54 Å². The first-order valence-corrected chi connectivity index (χ1v) is 9.34. The van der Waals surface area contributed by atoms with E-state index in [9.17, 15) is 14.4 Å². The van der Waals surface area contributed by atoms with Gasteiger partial charge < -0.3 is 19.7 Å². The van der Waals surface area contributed by atoms with Crippen molar-refractivity contribution in [3.63, 3.8) is 0 Å². The lowest BCUT2D eigenvalue weighted by molar-refractivity contribution is -0.134. The third kappa shape index (κ3) is 2.62. The Kier molecular flexibility index (Phi) is 3.57. The number of carbonyl (C=O) groups excluding carboxylic acids is 3. The second-order valence-corrected chi connectivity index (χ2v) is 7.81. The molecule has 3 heterocycles. The van der Waals surface area contributed by atoms with Gasteiger partial charge in [-0.25, -0.2) is 4.79 Å². The molecule has 3 aliphatic heterocycles. The Morgan fingerprint density at radius 3 is 2.70 bits per heavy atom. The average Bonchev–Trinajstić information content (AvgIpc) is 3.27. The van der Waals surface area contributed by atoms with E-state index >= 15 is 0 Å². The smallest absolute Gasteiger partial charge is 0.325 e. The van der Waals surface area contributed by atoms with Crippen molar-refractivity contribution in [3.05, 3.63) is 23.8 Å². The van der Waals surface area contributed by atoms with E-state index in [0.29, 0.717) is 50.4 Å². The third-order valence-electron chi connectivity index (χ3n) is 6.00. The van der Waals surface area contributed by atoms with Crippen LogP contribution in [0.1, 0.15) is 31.2 Å². The number of nitrogens with one attached hydrogen (secondary N) is 1. The molecule has 27 heavy (non-hydrogen) atoms. The van der Waals surface area contributed by atoms with Gasteiger partial charge in [0.05, 0.1) is 0 Å². The van der Waals surface area contributed by atoms with Gasteiger partial charge in [0.2, 0.25) is 12.7 Å². The molecule has 8 heteroatoms. The van der Waals surface area contributed by atoms with Crippen molar-refractivity contribution in [2.24, 2.45) is 5.92 Å². The first kappa shape index (κ1) is 16.4. The number of hydrogen-bond acceptors (Lipinski definition) is 5. The van der Waals surface area contributed by atoms with Gasteiger partial charge in [-0.15, -0.1) is 0 Å². The molecule has 3 fully saturated rings. The lowest BCUT2D eigenvalue weighted by Crippen LogP contribution is -2.52. The SMILES string of the molecule is O=C1CC(CN2C(=O)NC3(CCC3)C2=O)CN1Cc1ccc2c(c1)OCO2. The van der Waals surface area contributed by atoms with Crippen LogP contribution in [0.15, 0.2) is 18.2 Å². The summed E-state index contributed by atoms with van der Waals surface area (Å²) < 4.78 is 10.7. The van der Waals surface area contributed by atoms with Crippen molar-refractivity contribution in [2.75, 3.05) is 19.9 Å². The standard InChI is InChI=1S/C19H21N3O5/c23-16-7-13(10-22-17(24)19(4-1-5-19)20-18(22)25)9-21(16)8-12-2-3-14-15(6-12)27-11-26-14/h2-3,6,13H,1,4-5,7-11H2,(H,20,25). The van der Waals surface area contributed by atoms with Crippen LogP contribution in [0, 0.1) is 5.92 Å². The summed E-state index contributed by atoms with van der Waals surface area (Å²) in [6.45, 7) is 1.54. The van der Waals surface area contributed by atoms with Gasteiger partial charge in [0, 0.05) is 32.0 Å². The van der Waals surface area contributed by atoms with Gasteiger partial charge in [-0.2, -0.15) is 0 Å². The van der Waals surface area contributed by atoms with E-state index in [1.165, 1.54) is 4.90 Å². The topological polar surface area (TPSA) is 88.2 Å². The Morgan fingerprint density at radius 1 is 1.15 bits per heavy atom. The Balaban J connectivity index is 1.23. The van der Waals surface area contributed by atoms with Gasteiger partial charge in [0.25, 0.3) is 5.91 Å². The van der Waals surface area contributed by atoms with Gasteiger partial charge >= 0.3 is 6.03 Å². The molecule has 1 aromatic carbocycles. The van der Waals surface area contributed by atoms with Gasteiger partial charge in [0.1, 0.15) is 5.54 Å². The highest BCUT2D eigenvalue weighted by atomic mass is 16.7. The summed E-state index contributed by atoms with van der Waals surface area (Å²) in [6.07, 6.45) is 2.75. The zero-order chi connectivity index (χ0) is 18.6. The second kappa shape index (κ2) is 5.87. The maximum atomic E-state index is 12.6. The fraction of sp³-hybridized carbons (Fsp3) is 0.526. The van der Waals surface area contributed by atoms with E-state index in [0.717, 1.165) is 12.0 Å². The Bertz CT molecular complexity index is 835. The molecule has 1 atom stereocenters. The lowest BCUT2D eigenvalue weighted by atomic mass is 9.77. The predicted molar refractivity (Wildman–Crippen MR) is 92.9 cm³/mol. The summed E-state index contributed by atoms with van der Waals surface area (Å²) in [4.78, 5) is 40.3. The van der Waals surface area contributed by atoms with E-state index in [2.05, 4.69) is 5.32 Å². The number of carbonyl (C=O) groups is 3. The second-order valence-electron chi connectivity index (χ2n) is 7.81. The van der Waals surface area contributed by atoms with Gasteiger partial charge in [0.15, 0.2) is 11.5 Å². The Labute approximate surface area is 156 Å². The summed E-state index contributed by atoms with van der Waals surface area (Å²) in [5, 5.41) is 2.84. The summed E-state index contributed by atoms with van der Waals surface area (Å²) in [5.74, 6) is 1.30. The molecular formula is C19H21N3O5. The molecule has 2 saturated heterocycles. The summed E-state index contributed by atoms with van der Waals surface area (Å²) in [7, 11) is 0. The van der Waals surface area contributed by atoms with Crippen LogP contribution in [-0.2, 0) is 16.1 Å². The number of imide groups is 1. The van der Waals surface area contributed by atoms with Crippen molar-refractivity contribution < 1.29 is 23.9 Å². The normalized spacial score (nSPS) is 25.3. The number of ether oxygens (including phenoxy) is 2. The zero-order valence-corrected chi connectivity index (χ0v) is 14.9. The van der Waals surface area contributed by atoms with Crippen LogP contribution in [0.25, 0.3) is 0 Å². The Morgan fingerprint density at radius 2 is 1.96 bits per heavy atom. The zero-order valence-electron chi connectivity index (χ0n) is 14.9. The van der Waals surface area contributed by atoms with Crippen LogP contribution in [0.2, 0.25) is 0 Å². The van der Waals surface area contributed by atoms with E-state index in [1.807, 2.05) is 18.2 Å². The molecule has 1 spiro atoms. The molecule has 5 rings (SSSR count). The molecule has 142 valence electrons. The number of urea groups is 1. The number of nitrogens with zero attached hydrogens (tertiary/aromatic N) is 2. The molecule has 1 aliphatic carbocycles. The Hall–Kier alpha value is -2.77. The minimum Gasteiger partial charge on any atom is -0.454 e. The summed E-state index contributed by atoms with van der Waals surface area (Å²) >= 11 is 0. The fourth-order valence-electron chi connectivity index (χ4n) is 4.36. The fourth-order valence-corrected chi connectivity index (χ4v) is 4.36. The molecule has 1 N–H and O–H groups in total. The number of likely N-dealkylation sites (tertiary alicyclic amines) is 1. The maximum absolute atomic E-state index is 12.6. The van der Waals surface area contributed by atoms with Crippen LogP contribution < -0.4 is 14.8 Å². The number of hydrogen-bond donors (Lipinski definition) is 1. The molecular weight excluding hydrogens is 350 g/mol. The summed E-state index contributed by atoms with van der Waals surface area (Å²) in [5.41, 5.74) is 0.308. The minimum atomic E-state index is -0.661. The molecule has 0 bridgehead atoms. The minimum absolute atomic E-state index is 0.0311. The van der Waals surface area contributed by atoms with Crippen molar-refractivity contribution in [1.29, 1.82) is 0 Å². The maximum Gasteiger partial charge on any atom is 0.325 e. The number of amides is 4. The molecule has 1 saturated carbocycles. The average molecular weight is 371 g/mol. The van der Waals surface area contributed by atoms with Crippen molar-refractivity contribution >= 4 is 17.8 Å². The lowest BCUT2D eigenvalue weighted by Gasteiger charge is -2.35. The number of fused-ring (bicyclic) bond motifs is 1. The highest BCUT2D eigenvalue weighted by Crippen LogP contribution is 2.38. The van der Waals surface area contributed by atoms with Crippen LogP contribution in [-0.4, -0.2) is 53.1 Å². The van der Waals surface area contributed by atoms with E-state index in [1.54, 1.807) is 4.90 Å². The molecule has 4 aliphatic rings.